The monoisotopic (exact) mass is 296 g/mol. The van der Waals surface area contributed by atoms with Crippen LogP contribution in [0.3, 0.4) is 0 Å². The summed E-state index contributed by atoms with van der Waals surface area (Å²) >= 11 is 3.63. The van der Waals surface area contributed by atoms with Crippen molar-refractivity contribution in [2.45, 2.75) is 32.3 Å². The smallest absolute Gasteiger partial charge is 0.0717 e. The Morgan fingerprint density at radius 3 is 2.53 bits per heavy atom. The predicted octanol–water partition coefficient (Wildman–Crippen LogP) is 4.40. The normalized spacial score (nSPS) is 18.4. The summed E-state index contributed by atoms with van der Waals surface area (Å²) in [6, 6.07) is 10.4. The fraction of sp³-hybridized carbons (Fsp3) is 0.600. The van der Waals surface area contributed by atoms with E-state index in [0.717, 1.165) is 24.5 Å². The molecule has 0 spiro atoms. The van der Waals surface area contributed by atoms with Gasteiger partial charge in [-0.2, -0.15) is 0 Å². The number of rotatable bonds is 6. The standard InChI is InChI=1S/C15H21BrO/c16-10-15(14-8-4-5-9-14)12-17-11-13-6-2-1-3-7-13/h1-3,6-7,14-15H,4-5,8-12H2. The van der Waals surface area contributed by atoms with Crippen LogP contribution in [0, 0.1) is 11.8 Å². The molecule has 2 heteroatoms. The highest BCUT2D eigenvalue weighted by Crippen LogP contribution is 2.32. The van der Waals surface area contributed by atoms with E-state index in [1.807, 2.05) is 6.07 Å². The van der Waals surface area contributed by atoms with Gasteiger partial charge in [0.15, 0.2) is 0 Å². The van der Waals surface area contributed by atoms with Crippen molar-refractivity contribution >= 4 is 15.9 Å². The molecule has 1 fully saturated rings. The first-order valence-corrected chi connectivity index (χ1v) is 7.70. The summed E-state index contributed by atoms with van der Waals surface area (Å²) in [6.45, 7) is 1.64. The molecule has 1 aliphatic rings. The van der Waals surface area contributed by atoms with Crippen LogP contribution < -0.4 is 0 Å². The molecule has 0 N–H and O–H groups in total. The van der Waals surface area contributed by atoms with Crippen molar-refractivity contribution in [1.29, 1.82) is 0 Å². The van der Waals surface area contributed by atoms with Gasteiger partial charge in [0.25, 0.3) is 0 Å². The van der Waals surface area contributed by atoms with Gasteiger partial charge in [0.2, 0.25) is 0 Å². The first kappa shape index (κ1) is 13.1. The Kier molecular flexibility index (Phi) is 5.53. The summed E-state index contributed by atoms with van der Waals surface area (Å²) < 4.78 is 5.86. The van der Waals surface area contributed by atoms with Gasteiger partial charge in [0.1, 0.15) is 0 Å². The zero-order valence-corrected chi connectivity index (χ0v) is 11.9. The van der Waals surface area contributed by atoms with Crippen molar-refractivity contribution in [1.82, 2.24) is 0 Å². The number of alkyl halides is 1. The molecular weight excluding hydrogens is 276 g/mol. The molecule has 0 bridgehead atoms. The van der Waals surface area contributed by atoms with Gasteiger partial charge in [-0.3, -0.25) is 0 Å². The Bertz CT molecular complexity index is 306. The number of benzene rings is 1. The zero-order chi connectivity index (χ0) is 11.9. The summed E-state index contributed by atoms with van der Waals surface area (Å²) in [7, 11) is 0. The lowest BCUT2D eigenvalue weighted by Crippen LogP contribution is -2.19. The summed E-state index contributed by atoms with van der Waals surface area (Å²) in [4.78, 5) is 0. The fourth-order valence-electron chi connectivity index (χ4n) is 2.64. The van der Waals surface area contributed by atoms with E-state index >= 15 is 0 Å². The molecule has 1 nitrogen and oxygen atoms in total. The van der Waals surface area contributed by atoms with E-state index in [1.165, 1.54) is 31.2 Å². The van der Waals surface area contributed by atoms with Crippen LogP contribution in [0.25, 0.3) is 0 Å². The van der Waals surface area contributed by atoms with E-state index in [0.29, 0.717) is 5.92 Å². The maximum atomic E-state index is 5.86. The Morgan fingerprint density at radius 1 is 1.18 bits per heavy atom. The highest BCUT2D eigenvalue weighted by atomic mass is 79.9. The quantitative estimate of drug-likeness (QED) is 0.707. The first-order chi connectivity index (χ1) is 8.40. The topological polar surface area (TPSA) is 9.23 Å². The van der Waals surface area contributed by atoms with Crippen molar-refractivity contribution in [3.63, 3.8) is 0 Å². The largest absolute Gasteiger partial charge is 0.376 e. The number of hydrogen-bond donors (Lipinski definition) is 0. The van der Waals surface area contributed by atoms with Gasteiger partial charge >= 0.3 is 0 Å². The van der Waals surface area contributed by atoms with E-state index in [1.54, 1.807) is 0 Å². The van der Waals surface area contributed by atoms with Crippen molar-refractivity contribution in [3.05, 3.63) is 35.9 Å². The van der Waals surface area contributed by atoms with Gasteiger partial charge in [0.05, 0.1) is 13.2 Å². The van der Waals surface area contributed by atoms with E-state index in [9.17, 15) is 0 Å². The van der Waals surface area contributed by atoms with Gasteiger partial charge in [-0.15, -0.1) is 0 Å². The van der Waals surface area contributed by atoms with E-state index in [2.05, 4.69) is 40.2 Å². The lowest BCUT2D eigenvalue weighted by Gasteiger charge is -2.21. The van der Waals surface area contributed by atoms with Crippen molar-refractivity contribution < 1.29 is 4.74 Å². The van der Waals surface area contributed by atoms with Crippen LogP contribution in [-0.4, -0.2) is 11.9 Å². The highest BCUT2D eigenvalue weighted by Gasteiger charge is 2.24. The van der Waals surface area contributed by atoms with E-state index in [4.69, 9.17) is 4.74 Å². The molecule has 1 aromatic rings. The third-order valence-electron chi connectivity index (χ3n) is 3.71. The Balaban J connectivity index is 1.72. The minimum absolute atomic E-state index is 0.696. The molecule has 0 aliphatic heterocycles. The Hall–Kier alpha value is -0.340. The molecule has 0 amide bonds. The lowest BCUT2D eigenvalue weighted by molar-refractivity contribution is 0.0753. The highest BCUT2D eigenvalue weighted by molar-refractivity contribution is 9.09. The van der Waals surface area contributed by atoms with Gasteiger partial charge < -0.3 is 4.74 Å². The second-order valence-corrected chi connectivity index (χ2v) is 5.61. The van der Waals surface area contributed by atoms with Crippen LogP contribution in [0.5, 0.6) is 0 Å². The second-order valence-electron chi connectivity index (χ2n) is 4.96. The van der Waals surface area contributed by atoms with Gasteiger partial charge in [0, 0.05) is 5.33 Å². The van der Waals surface area contributed by atoms with Crippen molar-refractivity contribution in [2.75, 3.05) is 11.9 Å². The molecule has 1 aromatic carbocycles. The van der Waals surface area contributed by atoms with Crippen LogP contribution >= 0.6 is 15.9 Å². The molecule has 0 heterocycles. The lowest BCUT2D eigenvalue weighted by atomic mass is 9.93. The molecule has 17 heavy (non-hydrogen) atoms. The number of hydrogen-bond acceptors (Lipinski definition) is 1. The zero-order valence-electron chi connectivity index (χ0n) is 10.3. The summed E-state index contributed by atoms with van der Waals surface area (Å²) in [5.74, 6) is 1.58. The van der Waals surface area contributed by atoms with Crippen LogP contribution in [0.2, 0.25) is 0 Å². The third-order valence-corrected chi connectivity index (χ3v) is 4.54. The predicted molar refractivity (Wildman–Crippen MR) is 75.3 cm³/mol. The Labute approximate surface area is 113 Å². The Morgan fingerprint density at radius 2 is 1.88 bits per heavy atom. The molecule has 0 aromatic heterocycles. The van der Waals surface area contributed by atoms with Gasteiger partial charge in [-0.1, -0.05) is 71.9 Å². The maximum Gasteiger partial charge on any atom is 0.0717 e. The van der Waals surface area contributed by atoms with Crippen LogP contribution in [-0.2, 0) is 11.3 Å². The molecule has 1 saturated carbocycles. The minimum atomic E-state index is 0.696. The summed E-state index contributed by atoms with van der Waals surface area (Å²) in [5.41, 5.74) is 1.27. The minimum Gasteiger partial charge on any atom is -0.376 e. The summed E-state index contributed by atoms with van der Waals surface area (Å²) in [5, 5.41) is 1.08. The average Bonchev–Trinajstić information content (AvgIpc) is 2.90. The molecule has 1 atom stereocenters. The molecule has 1 aliphatic carbocycles. The fourth-order valence-corrected chi connectivity index (χ4v) is 3.35. The molecule has 1 unspecified atom stereocenters. The van der Waals surface area contributed by atoms with Crippen LogP contribution in [0.4, 0.5) is 0 Å². The molecule has 0 saturated heterocycles. The van der Waals surface area contributed by atoms with E-state index in [-0.39, 0.29) is 0 Å². The molecule has 2 rings (SSSR count). The maximum absolute atomic E-state index is 5.86. The van der Waals surface area contributed by atoms with Crippen molar-refractivity contribution in [2.24, 2.45) is 11.8 Å². The van der Waals surface area contributed by atoms with Gasteiger partial charge in [-0.25, -0.2) is 0 Å². The van der Waals surface area contributed by atoms with Crippen LogP contribution in [0.1, 0.15) is 31.2 Å². The SMILES string of the molecule is BrCC(COCc1ccccc1)C1CCCC1. The second kappa shape index (κ2) is 7.17. The number of ether oxygens (including phenoxy) is 1. The molecular formula is C15H21BrO. The van der Waals surface area contributed by atoms with Crippen molar-refractivity contribution in [3.8, 4) is 0 Å². The van der Waals surface area contributed by atoms with Gasteiger partial charge in [-0.05, 0) is 17.4 Å². The first-order valence-electron chi connectivity index (χ1n) is 6.58. The number of halogens is 1. The average molecular weight is 297 g/mol. The van der Waals surface area contributed by atoms with E-state index < -0.39 is 0 Å². The molecule has 94 valence electrons. The third kappa shape index (κ3) is 4.11. The summed E-state index contributed by atoms with van der Waals surface area (Å²) in [6.07, 6.45) is 5.61. The van der Waals surface area contributed by atoms with Crippen LogP contribution in [0.15, 0.2) is 30.3 Å². The molecule has 0 radical (unpaired) electrons.